The van der Waals surface area contributed by atoms with Crippen LogP contribution in [0.3, 0.4) is 0 Å². The van der Waals surface area contributed by atoms with Gasteiger partial charge < -0.3 is 5.32 Å². The third-order valence-electron chi connectivity index (χ3n) is 4.59. The van der Waals surface area contributed by atoms with Gasteiger partial charge in [-0.25, -0.2) is 9.67 Å². The molecule has 4 rings (SSSR count). The fourth-order valence-corrected chi connectivity index (χ4v) is 4.03. The molecule has 31 heavy (non-hydrogen) atoms. The Morgan fingerprint density at radius 2 is 1.90 bits per heavy atom. The predicted molar refractivity (Wildman–Crippen MR) is 121 cm³/mol. The summed E-state index contributed by atoms with van der Waals surface area (Å²) in [5.74, 6) is -0.269. The average molecular weight is 432 g/mol. The van der Waals surface area contributed by atoms with Crippen molar-refractivity contribution in [1.29, 1.82) is 0 Å². The van der Waals surface area contributed by atoms with Crippen LogP contribution in [0.15, 0.2) is 71.8 Å². The van der Waals surface area contributed by atoms with E-state index in [0.29, 0.717) is 22.9 Å². The molecule has 0 fully saturated rings. The van der Waals surface area contributed by atoms with Crippen molar-refractivity contribution >= 4 is 17.2 Å². The van der Waals surface area contributed by atoms with Gasteiger partial charge >= 0.3 is 0 Å². The van der Waals surface area contributed by atoms with E-state index in [4.69, 9.17) is 0 Å². The first kappa shape index (κ1) is 20.6. The van der Waals surface area contributed by atoms with E-state index in [-0.39, 0.29) is 17.5 Å². The van der Waals surface area contributed by atoms with Crippen molar-refractivity contribution in [3.05, 3.63) is 87.9 Å². The lowest BCUT2D eigenvalue weighted by molar-refractivity contribution is 0.0950. The molecule has 1 aromatic carbocycles. The SMILES string of the molecule is CC(C)n1nc(-c2sc(C(=O)NCc3cccnc3)nc2-c2ccccc2)ccc1=O. The topological polar surface area (TPSA) is 89.8 Å². The van der Waals surface area contributed by atoms with Crippen LogP contribution in [0.25, 0.3) is 21.8 Å². The number of carbonyl (C=O) groups excluding carboxylic acids is 1. The van der Waals surface area contributed by atoms with E-state index >= 15 is 0 Å². The Balaban J connectivity index is 1.72. The third-order valence-corrected chi connectivity index (χ3v) is 5.67. The minimum atomic E-state index is -0.269. The minimum absolute atomic E-state index is 0.0807. The van der Waals surface area contributed by atoms with Crippen LogP contribution in [-0.2, 0) is 6.54 Å². The molecule has 0 aliphatic carbocycles. The van der Waals surface area contributed by atoms with E-state index in [1.165, 1.54) is 22.1 Å². The van der Waals surface area contributed by atoms with Crippen molar-refractivity contribution in [2.45, 2.75) is 26.4 Å². The number of rotatable bonds is 6. The van der Waals surface area contributed by atoms with E-state index in [1.54, 1.807) is 18.5 Å². The highest BCUT2D eigenvalue weighted by atomic mass is 32.1. The molecule has 0 bridgehead atoms. The van der Waals surface area contributed by atoms with Gasteiger partial charge in [-0.1, -0.05) is 36.4 Å². The van der Waals surface area contributed by atoms with Gasteiger partial charge in [0.1, 0.15) is 5.69 Å². The van der Waals surface area contributed by atoms with Gasteiger partial charge in [-0.05, 0) is 31.5 Å². The lowest BCUT2D eigenvalue weighted by atomic mass is 10.1. The monoisotopic (exact) mass is 431 g/mol. The number of thiazole rings is 1. The third kappa shape index (κ3) is 4.59. The Morgan fingerprint density at radius 3 is 2.61 bits per heavy atom. The van der Waals surface area contributed by atoms with Crippen molar-refractivity contribution in [3.63, 3.8) is 0 Å². The van der Waals surface area contributed by atoms with Gasteiger partial charge in [0.05, 0.1) is 16.6 Å². The highest BCUT2D eigenvalue weighted by Crippen LogP contribution is 2.35. The minimum Gasteiger partial charge on any atom is -0.346 e. The second-order valence-electron chi connectivity index (χ2n) is 7.20. The van der Waals surface area contributed by atoms with Gasteiger partial charge in [-0.15, -0.1) is 11.3 Å². The highest BCUT2D eigenvalue weighted by molar-refractivity contribution is 7.17. The maximum absolute atomic E-state index is 12.8. The quantitative estimate of drug-likeness (QED) is 0.499. The molecule has 1 N–H and O–H groups in total. The molecule has 0 aliphatic heterocycles. The number of hydrogen-bond donors (Lipinski definition) is 1. The van der Waals surface area contributed by atoms with Crippen molar-refractivity contribution in [3.8, 4) is 21.8 Å². The van der Waals surface area contributed by atoms with Gasteiger partial charge in [0, 0.05) is 30.6 Å². The van der Waals surface area contributed by atoms with E-state index in [1.807, 2.05) is 56.3 Å². The van der Waals surface area contributed by atoms with Gasteiger partial charge in [0.25, 0.3) is 11.5 Å². The normalized spacial score (nSPS) is 10.9. The maximum Gasteiger partial charge on any atom is 0.280 e. The maximum atomic E-state index is 12.8. The van der Waals surface area contributed by atoms with Gasteiger partial charge in [0.2, 0.25) is 0 Å². The molecule has 3 aromatic heterocycles. The molecule has 0 radical (unpaired) electrons. The van der Waals surface area contributed by atoms with E-state index in [0.717, 1.165) is 16.0 Å². The van der Waals surface area contributed by atoms with Crippen molar-refractivity contribution in [2.24, 2.45) is 0 Å². The average Bonchev–Trinajstić information content (AvgIpc) is 3.24. The smallest absolute Gasteiger partial charge is 0.280 e. The number of nitrogens with zero attached hydrogens (tertiary/aromatic N) is 4. The molecule has 0 atom stereocenters. The molecule has 8 heteroatoms. The number of hydrogen-bond acceptors (Lipinski definition) is 6. The number of benzene rings is 1. The fourth-order valence-electron chi connectivity index (χ4n) is 3.06. The summed E-state index contributed by atoms with van der Waals surface area (Å²) in [7, 11) is 0. The summed E-state index contributed by atoms with van der Waals surface area (Å²) in [4.78, 5) is 34.4. The number of aromatic nitrogens is 4. The van der Waals surface area contributed by atoms with Crippen LogP contribution < -0.4 is 10.9 Å². The molecule has 0 saturated heterocycles. The summed E-state index contributed by atoms with van der Waals surface area (Å²) >= 11 is 1.26. The van der Waals surface area contributed by atoms with Crippen molar-refractivity contribution in [1.82, 2.24) is 25.1 Å². The van der Waals surface area contributed by atoms with Crippen LogP contribution in [0.1, 0.15) is 35.3 Å². The number of amides is 1. The first-order valence-corrected chi connectivity index (χ1v) is 10.7. The van der Waals surface area contributed by atoms with Crippen LogP contribution in [0, 0.1) is 0 Å². The van der Waals surface area contributed by atoms with Crippen LogP contribution in [0.2, 0.25) is 0 Å². The van der Waals surface area contributed by atoms with Crippen LogP contribution in [0.5, 0.6) is 0 Å². The molecule has 0 saturated carbocycles. The molecule has 0 spiro atoms. The molecule has 0 aliphatic rings. The second-order valence-corrected chi connectivity index (χ2v) is 8.20. The van der Waals surface area contributed by atoms with Crippen LogP contribution >= 0.6 is 11.3 Å². The van der Waals surface area contributed by atoms with E-state index in [9.17, 15) is 9.59 Å². The largest absolute Gasteiger partial charge is 0.346 e. The molecule has 7 nitrogen and oxygen atoms in total. The van der Waals surface area contributed by atoms with Gasteiger partial charge in [0.15, 0.2) is 5.01 Å². The summed E-state index contributed by atoms with van der Waals surface area (Å²) in [5.41, 5.74) is 2.89. The first-order valence-electron chi connectivity index (χ1n) is 9.86. The standard InChI is InChI=1S/C23H21N5O2S/c1-15(2)28-19(29)11-10-18(27-28)21-20(17-8-4-3-5-9-17)26-23(31-21)22(30)25-14-16-7-6-12-24-13-16/h3-13,15H,14H2,1-2H3,(H,25,30). The second kappa shape index (κ2) is 9.01. The Bertz CT molecular complexity index is 1250. The zero-order chi connectivity index (χ0) is 21.8. The van der Waals surface area contributed by atoms with Crippen LogP contribution in [-0.4, -0.2) is 25.7 Å². The highest BCUT2D eigenvalue weighted by Gasteiger charge is 2.21. The molecular weight excluding hydrogens is 410 g/mol. The molecule has 156 valence electrons. The molecule has 1 amide bonds. The van der Waals surface area contributed by atoms with Crippen molar-refractivity contribution < 1.29 is 4.79 Å². The summed E-state index contributed by atoms with van der Waals surface area (Å²) in [6.45, 7) is 4.17. The summed E-state index contributed by atoms with van der Waals surface area (Å²) < 4.78 is 1.44. The Kier molecular flexibility index (Phi) is 5.99. The fraction of sp³-hybridized carbons (Fsp3) is 0.174. The zero-order valence-electron chi connectivity index (χ0n) is 17.1. The van der Waals surface area contributed by atoms with Crippen LogP contribution in [0.4, 0.5) is 0 Å². The van der Waals surface area contributed by atoms with E-state index < -0.39 is 0 Å². The van der Waals surface area contributed by atoms with E-state index in [2.05, 4.69) is 20.4 Å². The van der Waals surface area contributed by atoms with Gasteiger partial charge in [-0.2, -0.15) is 5.10 Å². The Labute approximate surface area is 183 Å². The van der Waals surface area contributed by atoms with Gasteiger partial charge in [-0.3, -0.25) is 14.6 Å². The molecule has 3 heterocycles. The molecule has 4 aromatic rings. The zero-order valence-corrected chi connectivity index (χ0v) is 18.0. The lowest BCUT2D eigenvalue weighted by Crippen LogP contribution is -2.23. The number of carbonyl (C=O) groups is 1. The number of nitrogens with one attached hydrogen (secondary N) is 1. The molecule has 0 unspecified atom stereocenters. The lowest BCUT2D eigenvalue weighted by Gasteiger charge is -2.09. The summed E-state index contributed by atoms with van der Waals surface area (Å²) in [6, 6.07) is 16.5. The Hall–Kier alpha value is -3.65. The molecular formula is C23H21N5O2S. The number of pyridine rings is 1. The first-order chi connectivity index (χ1) is 15.0. The summed E-state index contributed by atoms with van der Waals surface area (Å²) in [6.07, 6.45) is 3.40. The Morgan fingerprint density at radius 1 is 1.10 bits per heavy atom. The van der Waals surface area contributed by atoms with Crippen molar-refractivity contribution in [2.75, 3.05) is 0 Å². The predicted octanol–water partition coefficient (Wildman–Crippen LogP) is 3.94. The summed E-state index contributed by atoms with van der Waals surface area (Å²) in [5, 5.41) is 7.75.